The molecule has 0 saturated carbocycles. The summed E-state index contributed by atoms with van der Waals surface area (Å²) in [5.74, 6) is 0.433. The van der Waals surface area contributed by atoms with Crippen LogP contribution in [0.5, 0.6) is 0 Å². The number of nitrogens with zero attached hydrogens (tertiary/aromatic N) is 4. The lowest BCUT2D eigenvalue weighted by molar-refractivity contribution is 0.603. The van der Waals surface area contributed by atoms with Gasteiger partial charge in [-0.15, -0.1) is 0 Å². The number of allylic oxidation sites excluding steroid dienone is 1. The van der Waals surface area contributed by atoms with E-state index >= 15 is 0 Å². The molecule has 0 unspecified atom stereocenters. The molecule has 1 aliphatic rings. The van der Waals surface area contributed by atoms with Crippen molar-refractivity contribution in [3.05, 3.63) is 74.5 Å². The number of nitriles is 1. The Kier molecular flexibility index (Phi) is 6.34. The van der Waals surface area contributed by atoms with Crippen molar-refractivity contribution in [3.63, 3.8) is 0 Å². The standard InChI is InChI=1S/C25H26N4O3S/c1-18-9-11-20(12-10-18)33(31,32)21(17-26)16-22-24(28-13-5-3-4-6-14-28)27-23-19(2)8-7-15-29(23)25(22)30/h7-12,15-16H,3-6,13-14H2,1-2H3. The van der Waals surface area contributed by atoms with Crippen LogP contribution in [0.3, 0.4) is 0 Å². The third-order valence-corrected chi connectivity index (χ3v) is 7.66. The van der Waals surface area contributed by atoms with Gasteiger partial charge < -0.3 is 4.90 Å². The lowest BCUT2D eigenvalue weighted by atomic mass is 10.2. The molecular formula is C25H26N4O3S. The first kappa shape index (κ1) is 22.7. The summed E-state index contributed by atoms with van der Waals surface area (Å²) in [6.45, 7) is 5.19. The zero-order valence-electron chi connectivity index (χ0n) is 18.8. The minimum atomic E-state index is -4.09. The molecule has 2 aromatic heterocycles. The molecule has 0 bridgehead atoms. The van der Waals surface area contributed by atoms with Crippen LogP contribution >= 0.6 is 0 Å². The summed E-state index contributed by atoms with van der Waals surface area (Å²) in [5, 5.41) is 9.79. The normalized spacial score (nSPS) is 15.3. The molecule has 8 heteroatoms. The number of anilines is 1. The van der Waals surface area contributed by atoms with Crippen LogP contribution in [0, 0.1) is 25.2 Å². The third-order valence-electron chi connectivity index (χ3n) is 5.98. The van der Waals surface area contributed by atoms with E-state index in [0.717, 1.165) is 49.9 Å². The van der Waals surface area contributed by atoms with Gasteiger partial charge in [0.1, 0.15) is 22.4 Å². The Morgan fingerprint density at radius 1 is 1.06 bits per heavy atom. The molecule has 0 amide bonds. The second-order valence-corrected chi connectivity index (χ2v) is 10.3. The highest BCUT2D eigenvalue weighted by Gasteiger charge is 2.25. The first-order valence-electron chi connectivity index (χ1n) is 11.0. The Balaban J connectivity index is 1.96. The van der Waals surface area contributed by atoms with E-state index < -0.39 is 20.3 Å². The fourth-order valence-electron chi connectivity index (χ4n) is 4.10. The number of rotatable bonds is 4. The number of fused-ring (bicyclic) bond motifs is 1. The molecule has 7 nitrogen and oxygen atoms in total. The summed E-state index contributed by atoms with van der Waals surface area (Å²) in [6.07, 6.45) is 6.92. The summed E-state index contributed by atoms with van der Waals surface area (Å²) >= 11 is 0. The first-order valence-corrected chi connectivity index (χ1v) is 12.5. The zero-order chi connectivity index (χ0) is 23.6. The molecule has 3 heterocycles. The molecule has 1 aliphatic heterocycles. The van der Waals surface area contributed by atoms with Crippen LogP contribution in [0.1, 0.15) is 42.4 Å². The quantitative estimate of drug-likeness (QED) is 0.543. The number of hydrogen-bond donors (Lipinski definition) is 0. The number of aromatic nitrogens is 2. The van der Waals surface area contributed by atoms with E-state index in [9.17, 15) is 18.5 Å². The molecular weight excluding hydrogens is 436 g/mol. The van der Waals surface area contributed by atoms with Crippen LogP contribution in [0.2, 0.25) is 0 Å². The van der Waals surface area contributed by atoms with Crippen molar-refractivity contribution in [2.24, 2.45) is 0 Å². The minimum Gasteiger partial charge on any atom is -0.356 e. The van der Waals surface area contributed by atoms with Crippen LogP contribution in [0.15, 0.2) is 57.2 Å². The highest BCUT2D eigenvalue weighted by atomic mass is 32.2. The van der Waals surface area contributed by atoms with Crippen LogP contribution < -0.4 is 10.5 Å². The van der Waals surface area contributed by atoms with E-state index in [2.05, 4.69) is 0 Å². The van der Waals surface area contributed by atoms with Crippen molar-refractivity contribution in [1.82, 2.24) is 9.38 Å². The SMILES string of the molecule is Cc1ccc(S(=O)(=O)C(C#N)=Cc2c(N3CCCCCC3)nc3c(C)cccn3c2=O)cc1. The lowest BCUT2D eigenvalue weighted by Gasteiger charge is -2.24. The Morgan fingerprint density at radius 2 is 1.73 bits per heavy atom. The van der Waals surface area contributed by atoms with Crippen LogP contribution in [-0.4, -0.2) is 30.9 Å². The first-order chi connectivity index (χ1) is 15.8. The summed E-state index contributed by atoms with van der Waals surface area (Å²) in [7, 11) is -4.09. The van der Waals surface area contributed by atoms with E-state index in [0.29, 0.717) is 11.5 Å². The average molecular weight is 463 g/mol. The predicted molar refractivity (Wildman–Crippen MR) is 129 cm³/mol. The van der Waals surface area contributed by atoms with Gasteiger partial charge in [0.05, 0.1) is 10.5 Å². The van der Waals surface area contributed by atoms with Crippen molar-refractivity contribution in [3.8, 4) is 6.07 Å². The second-order valence-electron chi connectivity index (χ2n) is 8.38. The Morgan fingerprint density at radius 3 is 2.36 bits per heavy atom. The maximum Gasteiger partial charge on any atom is 0.267 e. The van der Waals surface area contributed by atoms with Crippen LogP contribution in [0.25, 0.3) is 11.7 Å². The maximum atomic E-state index is 13.5. The van der Waals surface area contributed by atoms with Crippen molar-refractivity contribution < 1.29 is 8.42 Å². The van der Waals surface area contributed by atoms with Gasteiger partial charge in [-0.1, -0.05) is 36.6 Å². The van der Waals surface area contributed by atoms with Gasteiger partial charge in [0, 0.05) is 19.3 Å². The Labute approximate surface area is 193 Å². The van der Waals surface area contributed by atoms with Gasteiger partial charge in [0.2, 0.25) is 9.84 Å². The van der Waals surface area contributed by atoms with E-state index in [4.69, 9.17) is 4.98 Å². The monoisotopic (exact) mass is 462 g/mol. The predicted octanol–water partition coefficient (Wildman–Crippen LogP) is 4.03. The van der Waals surface area contributed by atoms with Crippen LogP contribution in [0.4, 0.5) is 5.82 Å². The number of pyridine rings is 1. The highest BCUT2D eigenvalue weighted by Crippen LogP contribution is 2.26. The molecule has 3 aromatic rings. The van der Waals surface area contributed by atoms with E-state index in [1.807, 2.05) is 30.9 Å². The molecule has 1 aromatic carbocycles. The molecule has 4 rings (SSSR count). The fraction of sp³-hybridized carbons (Fsp3) is 0.320. The molecule has 0 spiro atoms. The Hall–Kier alpha value is -3.44. The molecule has 0 atom stereocenters. The zero-order valence-corrected chi connectivity index (χ0v) is 19.6. The van der Waals surface area contributed by atoms with Crippen molar-refractivity contribution >= 4 is 27.4 Å². The summed E-state index contributed by atoms with van der Waals surface area (Å²) in [4.78, 5) is 19.9. The van der Waals surface area contributed by atoms with Gasteiger partial charge in [-0.05, 0) is 56.5 Å². The van der Waals surface area contributed by atoms with E-state index in [1.54, 1.807) is 24.4 Å². The van der Waals surface area contributed by atoms with Gasteiger partial charge in [-0.25, -0.2) is 13.4 Å². The molecule has 0 aliphatic carbocycles. The highest BCUT2D eigenvalue weighted by molar-refractivity contribution is 7.95. The smallest absolute Gasteiger partial charge is 0.267 e. The summed E-state index contributed by atoms with van der Waals surface area (Å²) in [6, 6.07) is 11.7. The average Bonchev–Trinajstić information content (AvgIpc) is 3.08. The summed E-state index contributed by atoms with van der Waals surface area (Å²) < 4.78 is 27.8. The maximum absolute atomic E-state index is 13.5. The van der Waals surface area contributed by atoms with E-state index in [1.165, 1.54) is 22.6 Å². The topological polar surface area (TPSA) is 95.5 Å². The summed E-state index contributed by atoms with van der Waals surface area (Å²) in [5.41, 5.74) is 2.00. The minimum absolute atomic E-state index is 0.0157. The van der Waals surface area contributed by atoms with Gasteiger partial charge in [-0.3, -0.25) is 9.20 Å². The number of hydrogen-bond acceptors (Lipinski definition) is 6. The molecule has 170 valence electrons. The van der Waals surface area contributed by atoms with Crippen molar-refractivity contribution in [2.45, 2.75) is 44.4 Å². The molecule has 33 heavy (non-hydrogen) atoms. The molecule has 1 fully saturated rings. The van der Waals surface area contributed by atoms with Crippen molar-refractivity contribution in [2.75, 3.05) is 18.0 Å². The number of aryl methyl sites for hydroxylation is 2. The van der Waals surface area contributed by atoms with Crippen molar-refractivity contribution in [1.29, 1.82) is 5.26 Å². The van der Waals surface area contributed by atoms with Gasteiger partial charge >= 0.3 is 0 Å². The number of sulfone groups is 1. The largest absolute Gasteiger partial charge is 0.356 e. The molecule has 0 radical (unpaired) electrons. The van der Waals surface area contributed by atoms with Gasteiger partial charge in [0.25, 0.3) is 5.56 Å². The van der Waals surface area contributed by atoms with Gasteiger partial charge in [0.15, 0.2) is 0 Å². The molecule has 0 N–H and O–H groups in total. The molecule has 1 saturated heterocycles. The van der Waals surface area contributed by atoms with Crippen LogP contribution in [-0.2, 0) is 9.84 Å². The third kappa shape index (κ3) is 4.41. The lowest BCUT2D eigenvalue weighted by Crippen LogP contribution is -2.30. The Bertz CT molecular complexity index is 1420. The van der Waals surface area contributed by atoms with Gasteiger partial charge in [-0.2, -0.15) is 5.26 Å². The number of benzene rings is 1. The fourth-order valence-corrected chi connectivity index (χ4v) is 5.24. The van der Waals surface area contributed by atoms with E-state index in [-0.39, 0.29) is 10.5 Å². The second kappa shape index (κ2) is 9.20.